The van der Waals surface area contributed by atoms with Crippen LogP contribution in [-0.2, 0) is 0 Å². The molecule has 0 radical (unpaired) electrons. The summed E-state index contributed by atoms with van der Waals surface area (Å²) in [6.07, 6.45) is 4.47. The highest BCUT2D eigenvalue weighted by molar-refractivity contribution is 7.99. The van der Waals surface area contributed by atoms with E-state index in [9.17, 15) is 0 Å². The molecule has 70 valence electrons. The largest absolute Gasteiger partial charge is 0.314 e. The fourth-order valence-electron chi connectivity index (χ4n) is 1.45. The van der Waals surface area contributed by atoms with Gasteiger partial charge in [-0.1, -0.05) is 6.08 Å². The smallest absolute Gasteiger partial charge is 0.00732 e. The molecule has 2 unspecified atom stereocenters. The van der Waals surface area contributed by atoms with Crippen molar-refractivity contribution in [3.63, 3.8) is 0 Å². The molecule has 1 rings (SSSR count). The molecule has 1 nitrogen and oxygen atoms in total. The predicted molar refractivity (Wildman–Crippen MR) is 57.7 cm³/mol. The average molecular weight is 185 g/mol. The second-order valence-electron chi connectivity index (χ2n) is 3.56. The van der Waals surface area contributed by atoms with Crippen LogP contribution in [0.3, 0.4) is 0 Å². The van der Waals surface area contributed by atoms with Crippen LogP contribution in [0.15, 0.2) is 12.7 Å². The molecule has 0 aromatic carbocycles. The van der Waals surface area contributed by atoms with Gasteiger partial charge in [0, 0.05) is 6.04 Å². The summed E-state index contributed by atoms with van der Waals surface area (Å²) in [6, 6.07) is 0.605. The van der Waals surface area contributed by atoms with Gasteiger partial charge in [0.1, 0.15) is 0 Å². The van der Waals surface area contributed by atoms with Crippen molar-refractivity contribution in [3.8, 4) is 0 Å². The van der Waals surface area contributed by atoms with Crippen molar-refractivity contribution in [1.82, 2.24) is 5.32 Å². The van der Waals surface area contributed by atoms with Crippen molar-refractivity contribution in [1.29, 1.82) is 0 Å². The van der Waals surface area contributed by atoms with E-state index in [0.717, 1.165) is 12.3 Å². The van der Waals surface area contributed by atoms with Gasteiger partial charge < -0.3 is 5.32 Å². The number of hydrogen-bond acceptors (Lipinski definition) is 2. The van der Waals surface area contributed by atoms with Gasteiger partial charge in [0.25, 0.3) is 0 Å². The molecule has 1 aliphatic rings. The topological polar surface area (TPSA) is 12.0 Å². The first-order chi connectivity index (χ1) is 5.83. The Labute approximate surface area is 80.0 Å². The summed E-state index contributed by atoms with van der Waals surface area (Å²) in [4.78, 5) is 0. The first-order valence-electron chi connectivity index (χ1n) is 4.75. The van der Waals surface area contributed by atoms with Gasteiger partial charge >= 0.3 is 0 Å². The normalized spacial score (nSPS) is 25.6. The predicted octanol–water partition coefficient (Wildman–Crippen LogP) is 2.29. The van der Waals surface area contributed by atoms with E-state index < -0.39 is 0 Å². The highest BCUT2D eigenvalue weighted by atomic mass is 32.2. The van der Waals surface area contributed by atoms with Crippen LogP contribution in [0, 0.1) is 5.92 Å². The van der Waals surface area contributed by atoms with Gasteiger partial charge in [0.15, 0.2) is 0 Å². The molecular weight excluding hydrogens is 166 g/mol. The first kappa shape index (κ1) is 10.1. The van der Waals surface area contributed by atoms with Crippen molar-refractivity contribution in [2.24, 2.45) is 5.92 Å². The number of nitrogens with one attached hydrogen (secondary N) is 1. The minimum Gasteiger partial charge on any atom is -0.314 e. The van der Waals surface area contributed by atoms with Crippen molar-refractivity contribution in [2.45, 2.75) is 25.8 Å². The fraction of sp³-hybridized carbons (Fsp3) is 0.800. The van der Waals surface area contributed by atoms with Crippen LogP contribution in [0.1, 0.15) is 19.8 Å². The van der Waals surface area contributed by atoms with E-state index in [1.807, 2.05) is 6.08 Å². The molecule has 0 bridgehead atoms. The SMILES string of the molecule is C=CCC(C)NCC1CCSC1. The highest BCUT2D eigenvalue weighted by Crippen LogP contribution is 2.22. The Hall–Kier alpha value is 0.0500. The molecule has 1 heterocycles. The molecule has 12 heavy (non-hydrogen) atoms. The zero-order chi connectivity index (χ0) is 8.81. The van der Waals surface area contributed by atoms with Gasteiger partial charge in [-0.2, -0.15) is 11.8 Å². The lowest BCUT2D eigenvalue weighted by Crippen LogP contribution is -2.30. The van der Waals surface area contributed by atoms with Crippen molar-refractivity contribution in [3.05, 3.63) is 12.7 Å². The molecule has 1 saturated heterocycles. The van der Waals surface area contributed by atoms with Crippen molar-refractivity contribution in [2.75, 3.05) is 18.1 Å². The van der Waals surface area contributed by atoms with Crippen LogP contribution in [0.25, 0.3) is 0 Å². The summed E-state index contributed by atoms with van der Waals surface area (Å²) >= 11 is 2.09. The van der Waals surface area contributed by atoms with Crippen LogP contribution in [0.2, 0.25) is 0 Å². The molecule has 0 spiro atoms. The Morgan fingerprint density at radius 1 is 1.75 bits per heavy atom. The minimum atomic E-state index is 0.605. The van der Waals surface area contributed by atoms with Gasteiger partial charge in [-0.3, -0.25) is 0 Å². The van der Waals surface area contributed by atoms with E-state index in [1.54, 1.807) is 0 Å². The van der Waals surface area contributed by atoms with Crippen LogP contribution >= 0.6 is 11.8 Å². The molecule has 0 amide bonds. The molecule has 0 aromatic rings. The Bertz CT molecular complexity index is 130. The molecule has 1 aliphatic heterocycles. The van der Waals surface area contributed by atoms with Crippen LogP contribution in [0.5, 0.6) is 0 Å². The maximum Gasteiger partial charge on any atom is 0.00732 e. The molecule has 0 aliphatic carbocycles. The molecule has 2 heteroatoms. The van der Waals surface area contributed by atoms with Gasteiger partial charge in [0.05, 0.1) is 0 Å². The Balaban J connectivity index is 2.03. The monoisotopic (exact) mass is 185 g/mol. The second kappa shape index (κ2) is 5.65. The fourth-order valence-corrected chi connectivity index (χ4v) is 2.73. The Morgan fingerprint density at radius 3 is 3.17 bits per heavy atom. The number of hydrogen-bond donors (Lipinski definition) is 1. The van der Waals surface area contributed by atoms with E-state index in [2.05, 4.69) is 30.6 Å². The third-order valence-corrected chi connectivity index (χ3v) is 3.53. The molecule has 0 aromatic heterocycles. The van der Waals surface area contributed by atoms with Gasteiger partial charge in [-0.05, 0) is 43.7 Å². The van der Waals surface area contributed by atoms with Crippen LogP contribution in [-0.4, -0.2) is 24.1 Å². The summed E-state index contributed by atoms with van der Waals surface area (Å²) in [7, 11) is 0. The third-order valence-electron chi connectivity index (χ3n) is 2.30. The maximum absolute atomic E-state index is 3.74. The van der Waals surface area contributed by atoms with Gasteiger partial charge in [0.2, 0.25) is 0 Å². The summed E-state index contributed by atoms with van der Waals surface area (Å²) < 4.78 is 0. The molecule has 0 saturated carbocycles. The second-order valence-corrected chi connectivity index (χ2v) is 4.71. The van der Waals surface area contributed by atoms with Gasteiger partial charge in [-0.25, -0.2) is 0 Å². The van der Waals surface area contributed by atoms with Crippen LogP contribution < -0.4 is 5.32 Å². The van der Waals surface area contributed by atoms with E-state index in [0.29, 0.717) is 6.04 Å². The van der Waals surface area contributed by atoms with E-state index >= 15 is 0 Å². The summed E-state index contributed by atoms with van der Waals surface area (Å²) in [5.74, 6) is 3.64. The quantitative estimate of drug-likeness (QED) is 0.660. The maximum atomic E-state index is 3.74. The first-order valence-corrected chi connectivity index (χ1v) is 5.90. The average Bonchev–Trinajstić information content (AvgIpc) is 2.53. The zero-order valence-electron chi connectivity index (χ0n) is 7.88. The molecule has 1 N–H and O–H groups in total. The number of rotatable bonds is 5. The van der Waals surface area contributed by atoms with Crippen molar-refractivity contribution < 1.29 is 0 Å². The lowest BCUT2D eigenvalue weighted by molar-refractivity contribution is 0.470. The van der Waals surface area contributed by atoms with Crippen LogP contribution in [0.4, 0.5) is 0 Å². The van der Waals surface area contributed by atoms with E-state index in [1.165, 1.54) is 24.5 Å². The molecule has 1 fully saturated rings. The lowest BCUT2D eigenvalue weighted by atomic mass is 10.1. The molecule has 2 atom stereocenters. The lowest BCUT2D eigenvalue weighted by Gasteiger charge is -2.14. The number of thioether (sulfide) groups is 1. The highest BCUT2D eigenvalue weighted by Gasteiger charge is 2.15. The minimum absolute atomic E-state index is 0.605. The van der Waals surface area contributed by atoms with E-state index in [-0.39, 0.29) is 0 Å². The van der Waals surface area contributed by atoms with Gasteiger partial charge in [-0.15, -0.1) is 6.58 Å². The van der Waals surface area contributed by atoms with E-state index in [4.69, 9.17) is 0 Å². The standard InChI is InChI=1S/C10H19NS/c1-3-4-9(2)11-7-10-5-6-12-8-10/h3,9-11H,1,4-8H2,2H3. The summed E-state index contributed by atoms with van der Waals surface area (Å²) in [5, 5.41) is 3.54. The Morgan fingerprint density at radius 2 is 2.58 bits per heavy atom. The molecular formula is C10H19NS. The third kappa shape index (κ3) is 3.63. The summed E-state index contributed by atoms with van der Waals surface area (Å²) in [5.41, 5.74) is 0. The zero-order valence-corrected chi connectivity index (χ0v) is 8.70. The summed E-state index contributed by atoms with van der Waals surface area (Å²) in [6.45, 7) is 7.16. The Kier molecular flexibility index (Phi) is 4.77. The van der Waals surface area contributed by atoms with Crippen molar-refractivity contribution >= 4 is 11.8 Å².